The number of aryl methyl sites for hydroxylation is 1. The molecule has 1 aromatic carbocycles. The van der Waals surface area contributed by atoms with Crippen LogP contribution in [0.3, 0.4) is 0 Å². The summed E-state index contributed by atoms with van der Waals surface area (Å²) in [6.45, 7) is 5.82. The Morgan fingerprint density at radius 1 is 1.21 bits per heavy atom. The van der Waals surface area contributed by atoms with Crippen molar-refractivity contribution in [3.8, 4) is 11.5 Å². The molecule has 2 N–H and O–H groups in total. The van der Waals surface area contributed by atoms with Crippen molar-refractivity contribution in [1.29, 1.82) is 0 Å². The van der Waals surface area contributed by atoms with Gasteiger partial charge in [0.2, 0.25) is 0 Å². The Morgan fingerprint density at radius 2 is 2.04 bits per heavy atom. The second-order valence-corrected chi connectivity index (χ2v) is 5.32. The maximum absolute atomic E-state index is 5.34. The minimum absolute atomic E-state index is 0. The number of hydrogen-bond donors (Lipinski definition) is 2. The van der Waals surface area contributed by atoms with E-state index in [4.69, 9.17) is 4.52 Å². The zero-order valence-corrected chi connectivity index (χ0v) is 16.8. The van der Waals surface area contributed by atoms with Gasteiger partial charge in [-0.25, -0.2) is 0 Å². The van der Waals surface area contributed by atoms with Crippen molar-refractivity contribution in [2.24, 2.45) is 4.99 Å². The highest BCUT2D eigenvalue weighted by Gasteiger charge is 2.08. The molecule has 2 aromatic rings. The molecule has 0 fully saturated rings. The number of nitrogens with zero attached hydrogens (tertiary/aromatic N) is 3. The SMILES string of the molecule is CCCNC(=NC)NCc1cccc(-c2nc(CCC)no2)c1.I. The zero-order chi connectivity index (χ0) is 16.5. The first-order chi connectivity index (χ1) is 11.3. The van der Waals surface area contributed by atoms with Gasteiger partial charge in [0.25, 0.3) is 5.89 Å². The summed E-state index contributed by atoms with van der Waals surface area (Å²) >= 11 is 0. The van der Waals surface area contributed by atoms with Crippen LogP contribution in [0.15, 0.2) is 33.8 Å². The molecule has 6 nitrogen and oxygen atoms in total. The van der Waals surface area contributed by atoms with Crippen LogP contribution >= 0.6 is 24.0 Å². The summed E-state index contributed by atoms with van der Waals surface area (Å²) in [5.74, 6) is 2.14. The van der Waals surface area contributed by atoms with E-state index in [1.807, 2.05) is 12.1 Å². The molecule has 0 unspecified atom stereocenters. The van der Waals surface area contributed by atoms with Crippen LogP contribution < -0.4 is 10.6 Å². The Balaban J connectivity index is 0.00000288. The summed E-state index contributed by atoms with van der Waals surface area (Å²) in [5.41, 5.74) is 2.08. The number of benzene rings is 1. The number of nitrogens with one attached hydrogen (secondary N) is 2. The first kappa shape index (κ1) is 20.4. The second-order valence-electron chi connectivity index (χ2n) is 5.32. The van der Waals surface area contributed by atoms with Gasteiger partial charge in [0.05, 0.1) is 0 Å². The molecule has 1 aromatic heterocycles. The van der Waals surface area contributed by atoms with Gasteiger partial charge in [-0.3, -0.25) is 4.99 Å². The fraction of sp³-hybridized carbons (Fsp3) is 0.471. The van der Waals surface area contributed by atoms with E-state index in [1.54, 1.807) is 7.05 Å². The normalized spacial score (nSPS) is 11.0. The van der Waals surface area contributed by atoms with Crippen LogP contribution in [0.25, 0.3) is 11.5 Å². The van der Waals surface area contributed by atoms with Gasteiger partial charge < -0.3 is 15.2 Å². The molecule has 1 heterocycles. The molecule has 24 heavy (non-hydrogen) atoms. The first-order valence-electron chi connectivity index (χ1n) is 8.13. The maximum atomic E-state index is 5.34. The molecule has 0 saturated heterocycles. The molecule has 0 amide bonds. The standard InChI is InChI=1S/C17H25N5O.HI/c1-4-7-15-21-16(23-22-15)14-9-6-8-13(11-14)12-20-17(18-3)19-10-5-2;/h6,8-9,11H,4-5,7,10,12H2,1-3H3,(H2,18,19,20);1H. The predicted octanol–water partition coefficient (Wildman–Crippen LogP) is 3.38. The molecule has 0 atom stereocenters. The van der Waals surface area contributed by atoms with Crippen molar-refractivity contribution in [3.63, 3.8) is 0 Å². The Kier molecular flexibility index (Phi) is 9.36. The van der Waals surface area contributed by atoms with Crippen LogP contribution in [0.5, 0.6) is 0 Å². The Hall–Kier alpha value is -1.64. The minimum Gasteiger partial charge on any atom is -0.356 e. The lowest BCUT2D eigenvalue weighted by Crippen LogP contribution is -2.37. The van der Waals surface area contributed by atoms with Gasteiger partial charge in [0, 0.05) is 32.1 Å². The average molecular weight is 443 g/mol. The van der Waals surface area contributed by atoms with Gasteiger partial charge in [-0.1, -0.05) is 31.1 Å². The minimum atomic E-state index is 0. The van der Waals surface area contributed by atoms with Gasteiger partial charge >= 0.3 is 0 Å². The molecule has 0 radical (unpaired) electrons. The first-order valence-corrected chi connectivity index (χ1v) is 8.13. The molecule has 0 aliphatic carbocycles. The quantitative estimate of drug-likeness (QED) is 0.390. The summed E-state index contributed by atoms with van der Waals surface area (Å²) in [6.07, 6.45) is 2.91. The fourth-order valence-corrected chi connectivity index (χ4v) is 2.16. The van der Waals surface area contributed by atoms with Crippen LogP contribution in [0.2, 0.25) is 0 Å². The van der Waals surface area contributed by atoms with Crippen molar-refractivity contribution in [1.82, 2.24) is 20.8 Å². The fourth-order valence-electron chi connectivity index (χ4n) is 2.16. The number of aliphatic imine (C=N–C) groups is 1. The van der Waals surface area contributed by atoms with Crippen LogP contribution in [-0.4, -0.2) is 29.7 Å². The van der Waals surface area contributed by atoms with Crippen molar-refractivity contribution in [2.75, 3.05) is 13.6 Å². The maximum Gasteiger partial charge on any atom is 0.257 e. The Bertz CT molecular complexity index is 641. The van der Waals surface area contributed by atoms with Gasteiger partial charge in [-0.15, -0.1) is 24.0 Å². The number of hydrogen-bond acceptors (Lipinski definition) is 4. The van der Waals surface area contributed by atoms with E-state index in [0.29, 0.717) is 12.4 Å². The lowest BCUT2D eigenvalue weighted by Gasteiger charge is -2.11. The molecule has 0 aliphatic heterocycles. The summed E-state index contributed by atoms with van der Waals surface area (Å²) in [4.78, 5) is 8.63. The van der Waals surface area contributed by atoms with E-state index in [1.165, 1.54) is 0 Å². The molecule has 0 saturated carbocycles. The van der Waals surface area contributed by atoms with E-state index < -0.39 is 0 Å². The second kappa shape index (κ2) is 11.0. The number of halogens is 1. The third-order valence-electron chi connectivity index (χ3n) is 3.34. The smallest absolute Gasteiger partial charge is 0.257 e. The van der Waals surface area contributed by atoms with E-state index in [9.17, 15) is 0 Å². The molecule has 0 spiro atoms. The number of guanidine groups is 1. The lowest BCUT2D eigenvalue weighted by molar-refractivity contribution is 0.422. The molecule has 0 bridgehead atoms. The van der Waals surface area contributed by atoms with Crippen LogP contribution in [-0.2, 0) is 13.0 Å². The molecule has 0 aliphatic rings. The topological polar surface area (TPSA) is 75.3 Å². The van der Waals surface area contributed by atoms with Crippen molar-refractivity contribution in [2.45, 2.75) is 39.7 Å². The third kappa shape index (κ3) is 6.10. The van der Waals surface area contributed by atoms with Gasteiger partial charge in [0.1, 0.15) is 0 Å². The van der Waals surface area contributed by atoms with Crippen molar-refractivity contribution >= 4 is 29.9 Å². The molecule has 7 heteroatoms. The highest BCUT2D eigenvalue weighted by Crippen LogP contribution is 2.18. The largest absolute Gasteiger partial charge is 0.356 e. The monoisotopic (exact) mass is 443 g/mol. The van der Waals surface area contributed by atoms with Gasteiger partial charge in [-0.2, -0.15) is 4.98 Å². The lowest BCUT2D eigenvalue weighted by atomic mass is 10.1. The molecular weight excluding hydrogens is 417 g/mol. The molecule has 2 rings (SSSR count). The van der Waals surface area contributed by atoms with Gasteiger partial charge in [-0.05, 0) is 30.5 Å². The van der Waals surface area contributed by atoms with Crippen LogP contribution in [0.1, 0.15) is 38.1 Å². The van der Waals surface area contributed by atoms with Crippen LogP contribution in [0, 0.1) is 0 Å². The third-order valence-corrected chi connectivity index (χ3v) is 3.34. The van der Waals surface area contributed by atoms with E-state index in [2.05, 4.69) is 51.7 Å². The van der Waals surface area contributed by atoms with E-state index in [0.717, 1.165) is 48.7 Å². The molecule has 132 valence electrons. The predicted molar refractivity (Wildman–Crippen MR) is 108 cm³/mol. The highest BCUT2D eigenvalue weighted by molar-refractivity contribution is 14.0. The van der Waals surface area contributed by atoms with Gasteiger partial charge in [0.15, 0.2) is 11.8 Å². The summed E-state index contributed by atoms with van der Waals surface area (Å²) in [5, 5.41) is 10.6. The highest BCUT2D eigenvalue weighted by atomic mass is 127. The van der Waals surface area contributed by atoms with E-state index >= 15 is 0 Å². The van der Waals surface area contributed by atoms with E-state index in [-0.39, 0.29) is 24.0 Å². The summed E-state index contributed by atoms with van der Waals surface area (Å²) < 4.78 is 5.34. The number of rotatable bonds is 7. The Morgan fingerprint density at radius 3 is 2.75 bits per heavy atom. The zero-order valence-electron chi connectivity index (χ0n) is 14.5. The van der Waals surface area contributed by atoms with Crippen LogP contribution in [0.4, 0.5) is 0 Å². The van der Waals surface area contributed by atoms with Crippen molar-refractivity contribution in [3.05, 3.63) is 35.7 Å². The van der Waals surface area contributed by atoms with Crippen molar-refractivity contribution < 1.29 is 4.52 Å². The Labute approximate surface area is 160 Å². The summed E-state index contributed by atoms with van der Waals surface area (Å²) in [7, 11) is 1.77. The number of aromatic nitrogens is 2. The molecular formula is C17H26IN5O. The average Bonchev–Trinajstić information content (AvgIpc) is 3.04. The summed E-state index contributed by atoms with van der Waals surface area (Å²) in [6, 6.07) is 8.10.